The van der Waals surface area contributed by atoms with Crippen molar-refractivity contribution in [3.8, 4) is 6.07 Å². The minimum Gasteiger partial charge on any atom is -0.429 e. The Balaban J connectivity index is 2.89. The Kier molecular flexibility index (Phi) is 4.76. The van der Waals surface area contributed by atoms with Gasteiger partial charge in [0.15, 0.2) is 0 Å². The average molecular weight is 279 g/mol. The molecule has 0 heterocycles. The molecule has 1 aromatic rings. The third kappa shape index (κ3) is 4.02. The van der Waals surface area contributed by atoms with Gasteiger partial charge in [-0.2, -0.15) is 14.0 Å². The van der Waals surface area contributed by atoms with Crippen LogP contribution in [0.2, 0.25) is 0 Å². The van der Waals surface area contributed by atoms with E-state index in [1.165, 1.54) is 12.1 Å². The predicted octanol–water partition coefficient (Wildman–Crippen LogP) is 4.35. The summed E-state index contributed by atoms with van der Waals surface area (Å²) in [6, 6.07) is 5.00. The fourth-order valence-corrected chi connectivity index (χ4v) is 1.34. The van der Waals surface area contributed by atoms with E-state index in [2.05, 4.69) is 17.9 Å². The summed E-state index contributed by atoms with van der Waals surface area (Å²) in [5, 5.41) is 8.45. The highest BCUT2D eigenvalue weighted by molar-refractivity contribution is 5.32. The van der Waals surface area contributed by atoms with Crippen LogP contribution in [-0.4, -0.2) is 0 Å². The van der Waals surface area contributed by atoms with Gasteiger partial charge in [-0.15, -0.1) is 0 Å². The highest BCUT2D eigenvalue weighted by Crippen LogP contribution is 2.33. The third-order valence-electron chi connectivity index (χ3n) is 2.31. The van der Waals surface area contributed by atoms with Crippen molar-refractivity contribution in [1.29, 1.82) is 5.26 Å². The molecule has 20 heavy (non-hydrogen) atoms. The molecule has 0 saturated carbocycles. The molecule has 0 atom stereocenters. The number of rotatable bonds is 5. The van der Waals surface area contributed by atoms with E-state index in [1.54, 1.807) is 13.0 Å². The average Bonchev–Trinajstić information content (AvgIpc) is 2.34. The largest absolute Gasteiger partial charge is 0.429 e. The van der Waals surface area contributed by atoms with Crippen LogP contribution in [0, 0.1) is 24.1 Å². The van der Waals surface area contributed by atoms with Gasteiger partial charge in [-0.3, -0.25) is 0 Å². The van der Waals surface area contributed by atoms with Gasteiger partial charge in [0.1, 0.15) is 11.6 Å². The minimum absolute atomic E-state index is 0.0552. The number of ether oxygens (including phenoxy) is 1. The van der Waals surface area contributed by atoms with Crippen LogP contribution in [0.1, 0.15) is 11.1 Å². The lowest BCUT2D eigenvalue weighted by molar-refractivity contribution is -0.222. The smallest absolute Gasteiger partial charge is 0.429 e. The van der Waals surface area contributed by atoms with E-state index in [1.807, 2.05) is 0 Å². The fourth-order valence-electron chi connectivity index (χ4n) is 1.34. The first-order chi connectivity index (χ1) is 9.26. The Morgan fingerprint density at radius 3 is 2.55 bits per heavy atom. The lowest BCUT2D eigenvalue weighted by atomic mass is 10.1. The third-order valence-corrected chi connectivity index (χ3v) is 2.31. The quantitative estimate of drug-likeness (QED) is 0.456. The number of hydrogen-bond acceptors (Lipinski definition) is 2. The molecule has 0 fully saturated rings. The summed E-state index contributed by atoms with van der Waals surface area (Å²) in [4.78, 5) is 0. The number of allylic oxidation sites excluding steroid dienone is 3. The fraction of sp³-hybridized carbons (Fsp3) is 0.133. The van der Waals surface area contributed by atoms with E-state index >= 15 is 0 Å². The zero-order chi connectivity index (χ0) is 15.3. The Labute approximate surface area is 115 Å². The van der Waals surface area contributed by atoms with E-state index in [9.17, 15) is 13.2 Å². The van der Waals surface area contributed by atoms with Crippen molar-refractivity contribution in [2.45, 2.75) is 13.0 Å². The van der Waals surface area contributed by atoms with Crippen molar-refractivity contribution in [3.63, 3.8) is 0 Å². The summed E-state index contributed by atoms with van der Waals surface area (Å²) in [5.74, 6) is -1.47. The Hall–Kier alpha value is -2.48. The topological polar surface area (TPSA) is 33.0 Å². The van der Waals surface area contributed by atoms with Crippen molar-refractivity contribution < 1.29 is 17.9 Å². The number of aryl methyl sites for hydroxylation is 1. The molecular weight excluding hydrogens is 267 g/mol. The number of alkyl halides is 2. The van der Waals surface area contributed by atoms with Gasteiger partial charge in [-0.1, -0.05) is 19.2 Å². The molecule has 0 radical (unpaired) electrons. The second-order valence-corrected chi connectivity index (χ2v) is 4.04. The lowest BCUT2D eigenvalue weighted by Crippen LogP contribution is -2.19. The molecule has 0 spiro atoms. The minimum atomic E-state index is -3.85. The van der Waals surface area contributed by atoms with Crippen molar-refractivity contribution in [2.75, 3.05) is 0 Å². The number of nitrogens with zero attached hydrogens (tertiary/aromatic N) is 1. The summed E-state index contributed by atoms with van der Waals surface area (Å²) in [7, 11) is 0. The second kappa shape index (κ2) is 6.11. The van der Waals surface area contributed by atoms with E-state index in [-0.39, 0.29) is 5.57 Å². The first kappa shape index (κ1) is 15.6. The highest BCUT2D eigenvalue weighted by Gasteiger charge is 2.37. The number of nitriles is 1. The molecule has 0 N–H and O–H groups in total. The predicted molar refractivity (Wildman–Crippen MR) is 69.1 cm³/mol. The highest BCUT2D eigenvalue weighted by atomic mass is 19.3. The Morgan fingerprint density at radius 2 is 2.00 bits per heavy atom. The lowest BCUT2D eigenvalue weighted by Gasteiger charge is -2.19. The van der Waals surface area contributed by atoms with E-state index in [0.717, 1.165) is 18.2 Å². The molecule has 1 aromatic carbocycles. The van der Waals surface area contributed by atoms with Crippen molar-refractivity contribution in [3.05, 3.63) is 71.8 Å². The molecule has 0 saturated heterocycles. The molecule has 0 aliphatic heterocycles. The molecule has 104 valence electrons. The van der Waals surface area contributed by atoms with E-state index in [0.29, 0.717) is 5.56 Å². The second-order valence-electron chi connectivity index (χ2n) is 4.04. The molecule has 5 heteroatoms. The molecule has 0 aromatic heterocycles. The monoisotopic (exact) mass is 279 g/mol. The summed E-state index contributed by atoms with van der Waals surface area (Å²) < 4.78 is 45.4. The molecule has 0 unspecified atom stereocenters. The van der Waals surface area contributed by atoms with Crippen LogP contribution in [0.5, 0.6) is 0 Å². The number of benzene rings is 1. The summed E-state index contributed by atoms with van der Waals surface area (Å²) >= 11 is 0. The van der Waals surface area contributed by atoms with Crippen LogP contribution in [-0.2, 0) is 10.8 Å². The van der Waals surface area contributed by atoms with Crippen LogP contribution in [0.15, 0.2) is 54.8 Å². The van der Waals surface area contributed by atoms with Crippen molar-refractivity contribution in [2.24, 2.45) is 0 Å². The Morgan fingerprint density at radius 1 is 1.35 bits per heavy atom. The molecule has 0 aliphatic rings. The van der Waals surface area contributed by atoms with Crippen LogP contribution < -0.4 is 0 Å². The summed E-state index contributed by atoms with van der Waals surface area (Å²) in [6.45, 7) is 8.17. The maximum absolute atomic E-state index is 13.8. The SMILES string of the molecule is C=C(C#N)/C=C\C(=C)OC(F)(F)c1ccc(C)cc1F. The van der Waals surface area contributed by atoms with Gasteiger partial charge in [-0.05, 0) is 36.8 Å². The van der Waals surface area contributed by atoms with Crippen LogP contribution in [0.25, 0.3) is 0 Å². The van der Waals surface area contributed by atoms with Gasteiger partial charge in [0.05, 0.1) is 11.6 Å². The molecular formula is C15H12F3NO. The summed E-state index contributed by atoms with van der Waals surface area (Å²) in [5.41, 5.74) is -0.303. The van der Waals surface area contributed by atoms with E-state index < -0.39 is 23.2 Å². The van der Waals surface area contributed by atoms with Crippen molar-refractivity contribution >= 4 is 0 Å². The maximum atomic E-state index is 13.8. The Bertz CT molecular complexity index is 612. The molecule has 0 aliphatic carbocycles. The number of hydrogen-bond donors (Lipinski definition) is 0. The van der Waals surface area contributed by atoms with Gasteiger partial charge < -0.3 is 4.74 Å². The first-order valence-corrected chi connectivity index (χ1v) is 5.55. The number of halogens is 3. The van der Waals surface area contributed by atoms with Crippen molar-refractivity contribution in [1.82, 2.24) is 0 Å². The molecule has 1 rings (SSSR count). The van der Waals surface area contributed by atoms with Gasteiger partial charge in [0.25, 0.3) is 0 Å². The maximum Gasteiger partial charge on any atom is 0.429 e. The zero-order valence-electron chi connectivity index (χ0n) is 10.8. The normalized spacial score (nSPS) is 11.2. The van der Waals surface area contributed by atoms with Gasteiger partial charge in [0.2, 0.25) is 0 Å². The van der Waals surface area contributed by atoms with Crippen LogP contribution in [0.3, 0.4) is 0 Å². The molecule has 2 nitrogen and oxygen atoms in total. The van der Waals surface area contributed by atoms with E-state index in [4.69, 9.17) is 5.26 Å². The molecule has 0 amide bonds. The van der Waals surface area contributed by atoms with Gasteiger partial charge >= 0.3 is 6.11 Å². The van der Waals surface area contributed by atoms with Crippen LogP contribution in [0.4, 0.5) is 13.2 Å². The molecule has 0 bridgehead atoms. The summed E-state index contributed by atoms with van der Waals surface area (Å²) in [6.07, 6.45) is -1.62. The van der Waals surface area contributed by atoms with Gasteiger partial charge in [-0.25, -0.2) is 4.39 Å². The van der Waals surface area contributed by atoms with Gasteiger partial charge in [0, 0.05) is 5.57 Å². The van der Waals surface area contributed by atoms with Crippen LogP contribution >= 0.6 is 0 Å². The standard InChI is InChI=1S/C15H12F3NO/c1-10-5-7-13(14(16)8-10)15(17,18)20-12(3)6-4-11(2)9-19/h4-8H,2-3H2,1H3/b6-4-. The first-order valence-electron chi connectivity index (χ1n) is 5.55. The zero-order valence-corrected chi connectivity index (χ0v) is 10.8.